The Hall–Kier alpha value is -1.10. The molecule has 4 nitrogen and oxygen atoms in total. The molecule has 1 aliphatic heterocycles. The standard InChI is InChI=1S/C14H19ClN2O2/c1-10-3-2-4-12(15)14(10)16-13(19)8-17-6-5-11(7-17)9-18/h2-4,11,18H,5-9H2,1H3,(H,16,19). The fourth-order valence-electron chi connectivity index (χ4n) is 2.38. The molecule has 1 saturated heterocycles. The maximum Gasteiger partial charge on any atom is 0.238 e. The van der Waals surface area contributed by atoms with E-state index in [0.717, 1.165) is 25.1 Å². The van der Waals surface area contributed by atoms with E-state index in [4.69, 9.17) is 16.7 Å². The second kappa shape index (κ2) is 6.37. The number of amides is 1. The molecule has 19 heavy (non-hydrogen) atoms. The van der Waals surface area contributed by atoms with E-state index in [0.29, 0.717) is 23.2 Å². The number of hydrogen-bond donors (Lipinski definition) is 2. The summed E-state index contributed by atoms with van der Waals surface area (Å²) in [4.78, 5) is 14.1. The van der Waals surface area contributed by atoms with E-state index in [1.165, 1.54) is 0 Å². The summed E-state index contributed by atoms with van der Waals surface area (Å²) < 4.78 is 0. The average Bonchev–Trinajstić information content (AvgIpc) is 2.81. The Kier molecular flexibility index (Phi) is 4.80. The van der Waals surface area contributed by atoms with Crippen molar-refractivity contribution in [1.82, 2.24) is 4.90 Å². The van der Waals surface area contributed by atoms with Crippen LogP contribution in [0.5, 0.6) is 0 Å². The van der Waals surface area contributed by atoms with E-state index in [9.17, 15) is 4.79 Å². The molecule has 5 heteroatoms. The monoisotopic (exact) mass is 282 g/mol. The molecule has 0 radical (unpaired) electrons. The zero-order valence-electron chi connectivity index (χ0n) is 11.0. The van der Waals surface area contributed by atoms with Gasteiger partial charge >= 0.3 is 0 Å². The highest BCUT2D eigenvalue weighted by atomic mass is 35.5. The molecule has 1 unspecified atom stereocenters. The highest BCUT2D eigenvalue weighted by Crippen LogP contribution is 2.25. The van der Waals surface area contributed by atoms with Gasteiger partial charge in [0.25, 0.3) is 0 Å². The number of aliphatic hydroxyl groups is 1. The van der Waals surface area contributed by atoms with Gasteiger partial charge in [-0.3, -0.25) is 9.69 Å². The molecule has 1 aromatic rings. The highest BCUT2D eigenvalue weighted by molar-refractivity contribution is 6.33. The molecule has 2 rings (SSSR count). The average molecular weight is 283 g/mol. The Morgan fingerprint density at radius 1 is 1.58 bits per heavy atom. The number of rotatable bonds is 4. The maximum absolute atomic E-state index is 12.0. The number of halogens is 1. The van der Waals surface area contributed by atoms with Gasteiger partial charge in [0.15, 0.2) is 0 Å². The molecule has 0 saturated carbocycles. The third-order valence-electron chi connectivity index (χ3n) is 3.48. The van der Waals surface area contributed by atoms with Crippen molar-refractivity contribution in [3.05, 3.63) is 28.8 Å². The van der Waals surface area contributed by atoms with Crippen LogP contribution in [0.2, 0.25) is 5.02 Å². The zero-order chi connectivity index (χ0) is 13.8. The smallest absolute Gasteiger partial charge is 0.238 e. The normalized spacial score (nSPS) is 19.6. The van der Waals surface area contributed by atoms with Gasteiger partial charge in [0.2, 0.25) is 5.91 Å². The van der Waals surface area contributed by atoms with Gasteiger partial charge in [0.1, 0.15) is 0 Å². The van der Waals surface area contributed by atoms with Crippen LogP contribution in [0.4, 0.5) is 5.69 Å². The highest BCUT2D eigenvalue weighted by Gasteiger charge is 2.23. The zero-order valence-corrected chi connectivity index (χ0v) is 11.8. The van der Waals surface area contributed by atoms with Crippen molar-refractivity contribution in [3.8, 4) is 0 Å². The van der Waals surface area contributed by atoms with Gasteiger partial charge in [0.05, 0.1) is 17.3 Å². The number of nitrogens with zero attached hydrogens (tertiary/aromatic N) is 1. The van der Waals surface area contributed by atoms with Crippen LogP contribution >= 0.6 is 11.6 Å². The van der Waals surface area contributed by atoms with Crippen molar-refractivity contribution in [1.29, 1.82) is 0 Å². The van der Waals surface area contributed by atoms with E-state index in [2.05, 4.69) is 10.2 Å². The molecule has 1 atom stereocenters. The third kappa shape index (κ3) is 3.69. The van der Waals surface area contributed by atoms with E-state index >= 15 is 0 Å². The number of carbonyl (C=O) groups excluding carboxylic acids is 1. The number of nitrogens with one attached hydrogen (secondary N) is 1. The lowest BCUT2D eigenvalue weighted by Gasteiger charge is -2.16. The van der Waals surface area contributed by atoms with Crippen LogP contribution in [-0.2, 0) is 4.79 Å². The fraction of sp³-hybridized carbons (Fsp3) is 0.500. The summed E-state index contributed by atoms with van der Waals surface area (Å²) in [7, 11) is 0. The SMILES string of the molecule is Cc1cccc(Cl)c1NC(=O)CN1CCC(CO)C1. The lowest BCUT2D eigenvalue weighted by Crippen LogP contribution is -2.32. The number of likely N-dealkylation sites (tertiary alicyclic amines) is 1. The molecule has 1 aromatic carbocycles. The molecular weight excluding hydrogens is 264 g/mol. The lowest BCUT2D eigenvalue weighted by molar-refractivity contribution is -0.117. The summed E-state index contributed by atoms with van der Waals surface area (Å²) in [5.74, 6) is 0.240. The molecule has 104 valence electrons. The molecule has 1 fully saturated rings. The third-order valence-corrected chi connectivity index (χ3v) is 3.80. The largest absolute Gasteiger partial charge is 0.396 e. The summed E-state index contributed by atoms with van der Waals surface area (Å²) in [6.07, 6.45) is 0.953. The first-order chi connectivity index (χ1) is 9.10. The van der Waals surface area contributed by atoms with Gasteiger partial charge in [-0.1, -0.05) is 23.7 Å². The maximum atomic E-state index is 12.0. The van der Waals surface area contributed by atoms with E-state index < -0.39 is 0 Å². The van der Waals surface area contributed by atoms with Gasteiger partial charge in [-0.25, -0.2) is 0 Å². The molecule has 1 heterocycles. The van der Waals surface area contributed by atoms with Crippen LogP contribution in [0.1, 0.15) is 12.0 Å². The summed E-state index contributed by atoms with van der Waals surface area (Å²) in [5.41, 5.74) is 1.64. The first kappa shape index (κ1) is 14.3. The molecule has 0 aliphatic carbocycles. The summed E-state index contributed by atoms with van der Waals surface area (Å²) in [6.45, 7) is 4.10. The van der Waals surface area contributed by atoms with Crippen LogP contribution in [0.3, 0.4) is 0 Å². The first-order valence-corrected chi connectivity index (χ1v) is 6.86. The van der Waals surface area contributed by atoms with Gasteiger partial charge < -0.3 is 10.4 Å². The van der Waals surface area contributed by atoms with E-state index in [1.807, 2.05) is 19.1 Å². The Bertz CT molecular complexity index is 445. The second-order valence-electron chi connectivity index (χ2n) is 5.05. The number of benzene rings is 1. The fourth-order valence-corrected chi connectivity index (χ4v) is 2.65. The quantitative estimate of drug-likeness (QED) is 0.887. The minimum Gasteiger partial charge on any atom is -0.396 e. The molecule has 1 aliphatic rings. The molecule has 0 spiro atoms. The Morgan fingerprint density at radius 2 is 2.37 bits per heavy atom. The van der Waals surface area contributed by atoms with Gasteiger partial charge in [-0.2, -0.15) is 0 Å². The molecule has 0 aromatic heterocycles. The number of para-hydroxylation sites is 1. The number of anilines is 1. The Morgan fingerprint density at radius 3 is 3.00 bits per heavy atom. The second-order valence-corrected chi connectivity index (χ2v) is 5.46. The number of aliphatic hydroxyl groups excluding tert-OH is 1. The van der Waals surface area contributed by atoms with Crippen molar-refractivity contribution in [2.24, 2.45) is 5.92 Å². The van der Waals surface area contributed by atoms with Crippen LogP contribution in [0.25, 0.3) is 0 Å². The van der Waals surface area contributed by atoms with Gasteiger partial charge in [-0.15, -0.1) is 0 Å². The molecular formula is C14H19ClN2O2. The number of carbonyl (C=O) groups is 1. The molecule has 2 N–H and O–H groups in total. The molecule has 1 amide bonds. The molecule has 0 bridgehead atoms. The van der Waals surface area contributed by atoms with Crippen LogP contribution < -0.4 is 5.32 Å². The Balaban J connectivity index is 1.91. The van der Waals surface area contributed by atoms with Crippen molar-refractivity contribution < 1.29 is 9.90 Å². The van der Waals surface area contributed by atoms with E-state index in [-0.39, 0.29) is 12.5 Å². The Labute approximate surface area is 118 Å². The summed E-state index contributed by atoms with van der Waals surface area (Å²) >= 11 is 6.07. The first-order valence-electron chi connectivity index (χ1n) is 6.48. The van der Waals surface area contributed by atoms with Gasteiger partial charge in [0, 0.05) is 13.2 Å². The minimum atomic E-state index is -0.0604. The van der Waals surface area contributed by atoms with Crippen LogP contribution in [-0.4, -0.2) is 42.2 Å². The minimum absolute atomic E-state index is 0.0604. The topological polar surface area (TPSA) is 52.6 Å². The van der Waals surface area contributed by atoms with Crippen molar-refractivity contribution in [3.63, 3.8) is 0 Å². The van der Waals surface area contributed by atoms with Crippen molar-refractivity contribution >= 4 is 23.2 Å². The summed E-state index contributed by atoms with van der Waals surface area (Å²) in [6, 6.07) is 5.54. The van der Waals surface area contributed by atoms with Crippen molar-refractivity contribution in [2.45, 2.75) is 13.3 Å². The lowest BCUT2D eigenvalue weighted by atomic mass is 10.1. The number of aryl methyl sites for hydroxylation is 1. The van der Waals surface area contributed by atoms with Crippen LogP contribution in [0.15, 0.2) is 18.2 Å². The number of hydrogen-bond acceptors (Lipinski definition) is 3. The predicted molar refractivity (Wildman–Crippen MR) is 76.5 cm³/mol. The van der Waals surface area contributed by atoms with Gasteiger partial charge in [-0.05, 0) is 37.4 Å². The van der Waals surface area contributed by atoms with Crippen molar-refractivity contribution in [2.75, 3.05) is 31.6 Å². The van der Waals surface area contributed by atoms with E-state index in [1.54, 1.807) is 6.07 Å². The summed E-state index contributed by atoms with van der Waals surface area (Å²) in [5, 5.41) is 12.5. The predicted octanol–water partition coefficient (Wildman–Crippen LogP) is 1.90. The van der Waals surface area contributed by atoms with Crippen LogP contribution in [0, 0.1) is 12.8 Å².